The molecule has 2 aromatic carbocycles. The first-order valence-corrected chi connectivity index (χ1v) is 4.67. The standard InChI is InChI=1S/C11H7NOSi/c13-11(12-14)10-7-3-5-8-4-1-2-6-9(8)10/h1-7H. The van der Waals surface area contributed by atoms with E-state index in [0.717, 1.165) is 10.8 Å². The summed E-state index contributed by atoms with van der Waals surface area (Å²) in [7, 11) is 2.86. The lowest BCUT2D eigenvalue weighted by Gasteiger charge is -2.01. The van der Waals surface area contributed by atoms with Crippen LogP contribution in [0.5, 0.6) is 0 Å². The van der Waals surface area contributed by atoms with E-state index < -0.39 is 0 Å². The van der Waals surface area contributed by atoms with Gasteiger partial charge in [-0.05, 0) is 16.8 Å². The topological polar surface area (TPSA) is 29.4 Å². The van der Waals surface area contributed by atoms with Crippen molar-refractivity contribution in [3.05, 3.63) is 48.0 Å². The SMILES string of the molecule is O=C(N=[Si])c1cccc2ccccc12. The molecule has 0 aliphatic heterocycles. The molecule has 0 fully saturated rings. The van der Waals surface area contributed by atoms with Crippen LogP contribution in [-0.4, -0.2) is 15.9 Å². The zero-order valence-corrected chi connectivity index (χ0v) is 8.40. The Balaban J connectivity index is 2.77. The maximum Gasteiger partial charge on any atom is 0.268 e. The van der Waals surface area contributed by atoms with E-state index in [1.54, 1.807) is 6.07 Å². The van der Waals surface area contributed by atoms with Gasteiger partial charge in [-0.1, -0.05) is 36.4 Å². The molecule has 0 aromatic heterocycles. The third kappa shape index (κ3) is 1.42. The van der Waals surface area contributed by atoms with Crippen LogP contribution in [-0.2, 0) is 0 Å². The van der Waals surface area contributed by atoms with Crippen LogP contribution in [0.25, 0.3) is 10.8 Å². The molecule has 0 N–H and O–H groups in total. The first kappa shape index (κ1) is 8.96. The van der Waals surface area contributed by atoms with Crippen molar-refractivity contribution in [3.63, 3.8) is 0 Å². The summed E-state index contributed by atoms with van der Waals surface area (Å²) in [5.41, 5.74) is 0.623. The number of hydrogen-bond donors (Lipinski definition) is 0. The molecule has 0 spiro atoms. The van der Waals surface area contributed by atoms with Crippen LogP contribution in [0.2, 0.25) is 0 Å². The molecule has 0 atom stereocenters. The minimum Gasteiger partial charge on any atom is -0.268 e. The maximum absolute atomic E-state index is 11.4. The van der Waals surface area contributed by atoms with Crippen molar-refractivity contribution < 1.29 is 4.79 Å². The van der Waals surface area contributed by atoms with Crippen LogP contribution >= 0.6 is 0 Å². The number of benzene rings is 2. The molecular formula is C11H7NOSi. The van der Waals surface area contributed by atoms with Gasteiger partial charge in [-0.3, -0.25) is 9.43 Å². The van der Waals surface area contributed by atoms with Gasteiger partial charge in [-0.15, -0.1) is 0 Å². The number of nitrogens with zero attached hydrogens (tertiary/aromatic N) is 1. The fourth-order valence-electron chi connectivity index (χ4n) is 1.47. The number of amides is 1. The van der Waals surface area contributed by atoms with Crippen molar-refractivity contribution in [2.45, 2.75) is 0 Å². The lowest BCUT2D eigenvalue weighted by Crippen LogP contribution is -1.94. The van der Waals surface area contributed by atoms with Crippen LogP contribution in [0.15, 0.2) is 47.1 Å². The van der Waals surface area contributed by atoms with Crippen LogP contribution < -0.4 is 0 Å². The molecule has 66 valence electrons. The average Bonchev–Trinajstić information content (AvgIpc) is 2.27. The van der Waals surface area contributed by atoms with Gasteiger partial charge in [0.2, 0.25) is 0 Å². The largest absolute Gasteiger partial charge is 0.268 e. The monoisotopic (exact) mass is 197 g/mol. The molecule has 14 heavy (non-hydrogen) atoms. The number of carbonyl (C=O) groups is 1. The predicted octanol–water partition coefficient (Wildman–Crippen LogP) is 2.33. The van der Waals surface area contributed by atoms with Crippen molar-refractivity contribution >= 4 is 26.7 Å². The number of fused-ring (bicyclic) bond motifs is 1. The fraction of sp³-hybridized carbons (Fsp3) is 0. The van der Waals surface area contributed by atoms with E-state index in [1.165, 1.54) is 0 Å². The molecule has 0 bridgehead atoms. The number of hydrogen-bond acceptors (Lipinski definition) is 1. The zero-order chi connectivity index (χ0) is 9.97. The molecule has 3 heteroatoms. The van der Waals surface area contributed by atoms with Gasteiger partial charge in [0.1, 0.15) is 0 Å². The molecule has 1 amide bonds. The summed E-state index contributed by atoms with van der Waals surface area (Å²) in [6, 6.07) is 13.3. The average molecular weight is 197 g/mol. The van der Waals surface area contributed by atoms with Gasteiger partial charge in [0.25, 0.3) is 5.91 Å². The number of carbonyl (C=O) groups excluding carboxylic acids is 1. The summed E-state index contributed by atoms with van der Waals surface area (Å²) in [4.78, 5) is 11.4. The van der Waals surface area contributed by atoms with Gasteiger partial charge in [0, 0.05) is 5.56 Å². The quantitative estimate of drug-likeness (QED) is 0.645. The lowest BCUT2D eigenvalue weighted by molar-refractivity contribution is 0.101. The molecular weight excluding hydrogens is 190 g/mol. The summed E-state index contributed by atoms with van der Waals surface area (Å²) in [6.45, 7) is 0. The molecule has 0 aliphatic rings. The minimum absolute atomic E-state index is 0.251. The minimum atomic E-state index is -0.251. The Labute approximate surface area is 84.7 Å². The van der Waals surface area contributed by atoms with Gasteiger partial charge in [0.05, 0.1) is 0 Å². The molecule has 0 aliphatic carbocycles. The highest BCUT2D eigenvalue weighted by molar-refractivity contribution is 6.13. The summed E-state index contributed by atoms with van der Waals surface area (Å²) in [5.74, 6) is -0.251. The van der Waals surface area contributed by atoms with Gasteiger partial charge in [-0.2, -0.15) is 0 Å². The highest BCUT2D eigenvalue weighted by Gasteiger charge is 2.05. The zero-order valence-electron chi connectivity index (χ0n) is 7.40. The van der Waals surface area contributed by atoms with E-state index >= 15 is 0 Å². The van der Waals surface area contributed by atoms with E-state index in [1.807, 2.05) is 36.4 Å². The Morgan fingerprint density at radius 2 is 1.79 bits per heavy atom. The highest BCUT2D eigenvalue weighted by Crippen LogP contribution is 2.18. The number of rotatable bonds is 1. The molecule has 2 aromatic rings. The fourth-order valence-corrected chi connectivity index (χ4v) is 1.59. The normalized spacial score (nSPS) is 10.0. The Kier molecular flexibility index (Phi) is 2.33. The van der Waals surface area contributed by atoms with Gasteiger partial charge in [-0.25, -0.2) is 0 Å². The van der Waals surface area contributed by atoms with Crippen LogP contribution in [0.1, 0.15) is 10.4 Å². The second kappa shape index (κ2) is 3.63. The summed E-state index contributed by atoms with van der Waals surface area (Å²) < 4.78 is 3.48. The molecule has 0 saturated carbocycles. The van der Waals surface area contributed by atoms with Gasteiger partial charge < -0.3 is 0 Å². The Morgan fingerprint density at radius 1 is 1.07 bits per heavy atom. The third-order valence-electron chi connectivity index (χ3n) is 2.12. The second-order valence-electron chi connectivity index (χ2n) is 2.94. The Morgan fingerprint density at radius 3 is 2.57 bits per heavy atom. The molecule has 0 unspecified atom stereocenters. The summed E-state index contributed by atoms with van der Waals surface area (Å²) in [6.07, 6.45) is 0. The smallest absolute Gasteiger partial charge is 0.268 e. The summed E-state index contributed by atoms with van der Waals surface area (Å²) in [5, 5.41) is 1.98. The van der Waals surface area contributed by atoms with E-state index in [0.29, 0.717) is 5.56 Å². The molecule has 0 saturated heterocycles. The van der Waals surface area contributed by atoms with Gasteiger partial charge in [0.15, 0.2) is 10.0 Å². The second-order valence-corrected chi connectivity index (χ2v) is 3.17. The first-order valence-electron chi connectivity index (χ1n) is 4.22. The predicted molar refractivity (Wildman–Crippen MR) is 56.5 cm³/mol. The highest BCUT2D eigenvalue weighted by atomic mass is 28.1. The Bertz CT molecular complexity index is 502. The van der Waals surface area contributed by atoms with Crippen molar-refractivity contribution in [2.75, 3.05) is 0 Å². The van der Waals surface area contributed by atoms with Gasteiger partial charge >= 0.3 is 0 Å². The first-order chi connectivity index (χ1) is 6.83. The van der Waals surface area contributed by atoms with Crippen molar-refractivity contribution in [1.29, 1.82) is 0 Å². The van der Waals surface area contributed by atoms with Crippen molar-refractivity contribution in [2.24, 2.45) is 4.63 Å². The molecule has 2 radical (unpaired) electrons. The van der Waals surface area contributed by atoms with Crippen LogP contribution in [0.3, 0.4) is 0 Å². The third-order valence-corrected chi connectivity index (χ3v) is 2.32. The Hall–Kier alpha value is -1.61. The van der Waals surface area contributed by atoms with E-state index in [9.17, 15) is 4.79 Å². The van der Waals surface area contributed by atoms with Crippen molar-refractivity contribution in [3.8, 4) is 0 Å². The molecule has 2 rings (SSSR count). The summed E-state index contributed by atoms with van der Waals surface area (Å²) >= 11 is 0. The van der Waals surface area contributed by atoms with E-state index in [4.69, 9.17) is 0 Å². The van der Waals surface area contributed by atoms with E-state index in [2.05, 4.69) is 14.7 Å². The van der Waals surface area contributed by atoms with Crippen LogP contribution in [0, 0.1) is 0 Å². The lowest BCUT2D eigenvalue weighted by atomic mass is 10.0. The van der Waals surface area contributed by atoms with Crippen molar-refractivity contribution in [1.82, 2.24) is 0 Å². The van der Waals surface area contributed by atoms with Crippen LogP contribution in [0.4, 0.5) is 0 Å². The molecule has 0 heterocycles. The molecule has 2 nitrogen and oxygen atoms in total. The van der Waals surface area contributed by atoms with E-state index in [-0.39, 0.29) is 5.91 Å². The maximum atomic E-state index is 11.4.